The number of anilines is 2. The number of hydrogen-bond donors (Lipinski definition) is 1. The van der Waals surface area contributed by atoms with Crippen molar-refractivity contribution in [3.05, 3.63) is 52.1 Å². The third-order valence-electron chi connectivity index (χ3n) is 6.98. The highest BCUT2D eigenvalue weighted by Crippen LogP contribution is 2.38. The van der Waals surface area contributed by atoms with Crippen LogP contribution in [0.15, 0.2) is 34.3 Å². The summed E-state index contributed by atoms with van der Waals surface area (Å²) in [5.41, 5.74) is 2.81. The number of aromatic nitrogens is 2. The number of fused-ring (bicyclic) bond motifs is 1. The summed E-state index contributed by atoms with van der Waals surface area (Å²) in [5.74, 6) is 1.13. The van der Waals surface area contributed by atoms with Gasteiger partial charge in [-0.05, 0) is 50.2 Å². The fraction of sp³-hybridized carbons (Fsp3) is 0.423. The SMILES string of the molecule is COC1CCN(c2cc(NC3=NCC(C4CC4)=C3)nc(Oc3cc(F)c4c(c3F)C=C(C)C4)n2)C1. The van der Waals surface area contributed by atoms with E-state index in [9.17, 15) is 4.39 Å². The van der Waals surface area contributed by atoms with E-state index in [4.69, 9.17) is 9.47 Å². The van der Waals surface area contributed by atoms with Crippen LogP contribution in [0.1, 0.15) is 37.3 Å². The molecule has 1 unspecified atom stereocenters. The monoisotopic (exact) mass is 479 g/mol. The van der Waals surface area contributed by atoms with Crippen LogP contribution in [0.25, 0.3) is 6.08 Å². The van der Waals surface area contributed by atoms with E-state index in [1.807, 2.05) is 13.0 Å². The summed E-state index contributed by atoms with van der Waals surface area (Å²) >= 11 is 0. The van der Waals surface area contributed by atoms with Gasteiger partial charge in [0.05, 0.1) is 12.6 Å². The first-order valence-electron chi connectivity index (χ1n) is 12.0. The van der Waals surface area contributed by atoms with Crippen LogP contribution >= 0.6 is 0 Å². The average molecular weight is 480 g/mol. The van der Waals surface area contributed by atoms with Gasteiger partial charge in [-0.25, -0.2) is 8.78 Å². The van der Waals surface area contributed by atoms with E-state index in [2.05, 4.69) is 31.3 Å². The summed E-state index contributed by atoms with van der Waals surface area (Å²) in [6.07, 6.45) is 7.54. The molecule has 1 N–H and O–H groups in total. The maximum atomic E-state index is 15.2. The van der Waals surface area contributed by atoms with E-state index >= 15 is 4.39 Å². The van der Waals surface area contributed by atoms with E-state index in [1.165, 1.54) is 18.4 Å². The van der Waals surface area contributed by atoms with Gasteiger partial charge in [-0.15, -0.1) is 0 Å². The predicted molar refractivity (Wildman–Crippen MR) is 130 cm³/mol. The molecule has 1 aromatic heterocycles. The third-order valence-corrected chi connectivity index (χ3v) is 6.98. The van der Waals surface area contributed by atoms with Gasteiger partial charge >= 0.3 is 6.01 Å². The van der Waals surface area contributed by atoms with Gasteiger partial charge < -0.3 is 19.7 Å². The molecule has 0 radical (unpaired) electrons. The third kappa shape index (κ3) is 4.40. The molecule has 1 atom stereocenters. The molecule has 182 valence electrons. The number of aliphatic imine (C=N–C) groups is 1. The Bertz CT molecular complexity index is 1280. The maximum Gasteiger partial charge on any atom is 0.326 e. The van der Waals surface area contributed by atoms with E-state index in [-0.39, 0.29) is 23.4 Å². The second kappa shape index (κ2) is 8.71. The standard InChI is InChI=1S/C26H27F2N5O2/c1-14-7-18-19(8-14)25(28)21(10-20(18)27)35-26-31-23(30-22-9-16(12-29-22)15-3-4-15)11-24(32-26)33-6-5-17(13-33)34-2/h8-11,15,17H,3-7,12-13H2,1-2H3,(H,29,30,31,32). The number of rotatable bonds is 6. The molecule has 4 aliphatic rings. The zero-order valence-electron chi connectivity index (χ0n) is 19.8. The number of ether oxygens (including phenoxy) is 2. The summed E-state index contributed by atoms with van der Waals surface area (Å²) in [7, 11) is 1.69. The summed E-state index contributed by atoms with van der Waals surface area (Å²) in [4.78, 5) is 15.6. The highest BCUT2D eigenvalue weighted by atomic mass is 19.1. The van der Waals surface area contributed by atoms with Gasteiger partial charge in [-0.3, -0.25) is 4.99 Å². The first kappa shape index (κ1) is 22.2. The topological polar surface area (TPSA) is 71.9 Å². The molecule has 1 saturated carbocycles. The Labute approximate surface area is 202 Å². The van der Waals surface area contributed by atoms with Crippen LogP contribution in [0.4, 0.5) is 20.4 Å². The summed E-state index contributed by atoms with van der Waals surface area (Å²) in [6.45, 7) is 3.97. The molecule has 7 nitrogen and oxygen atoms in total. The molecule has 3 heterocycles. The fourth-order valence-electron chi connectivity index (χ4n) is 4.90. The van der Waals surface area contributed by atoms with Gasteiger partial charge in [0.2, 0.25) is 0 Å². The summed E-state index contributed by atoms with van der Waals surface area (Å²) in [5, 5.41) is 3.25. The van der Waals surface area contributed by atoms with Crippen LogP contribution in [0.5, 0.6) is 11.8 Å². The van der Waals surface area contributed by atoms with Crippen molar-refractivity contribution in [1.82, 2.24) is 9.97 Å². The number of nitrogens with one attached hydrogen (secondary N) is 1. The van der Waals surface area contributed by atoms with Crippen molar-refractivity contribution in [3.8, 4) is 11.8 Å². The van der Waals surface area contributed by atoms with Gasteiger partial charge in [0.15, 0.2) is 11.6 Å². The molecule has 2 aliphatic heterocycles. The van der Waals surface area contributed by atoms with Gasteiger partial charge in [-0.2, -0.15) is 9.97 Å². The van der Waals surface area contributed by atoms with Crippen LogP contribution in [0, 0.1) is 17.6 Å². The first-order chi connectivity index (χ1) is 17.0. The van der Waals surface area contributed by atoms with E-state index in [0.29, 0.717) is 42.6 Å². The van der Waals surface area contributed by atoms with Crippen molar-refractivity contribution in [2.75, 3.05) is 37.0 Å². The quantitative estimate of drug-likeness (QED) is 0.636. The second-order valence-corrected chi connectivity index (χ2v) is 9.64. The Morgan fingerprint density at radius 3 is 2.74 bits per heavy atom. The summed E-state index contributed by atoms with van der Waals surface area (Å²) < 4.78 is 41.1. The average Bonchev–Trinajstić information content (AvgIpc) is 3.21. The zero-order valence-corrected chi connectivity index (χ0v) is 19.8. The van der Waals surface area contributed by atoms with Gasteiger partial charge in [0, 0.05) is 43.5 Å². The largest absolute Gasteiger partial charge is 0.421 e. The fourth-order valence-corrected chi connectivity index (χ4v) is 4.90. The molecule has 2 fully saturated rings. The lowest BCUT2D eigenvalue weighted by molar-refractivity contribution is 0.121. The van der Waals surface area contributed by atoms with Crippen molar-refractivity contribution in [2.45, 2.75) is 38.7 Å². The van der Waals surface area contributed by atoms with Crippen molar-refractivity contribution in [3.63, 3.8) is 0 Å². The smallest absolute Gasteiger partial charge is 0.326 e. The minimum Gasteiger partial charge on any atom is -0.421 e. The van der Waals surface area contributed by atoms with Crippen molar-refractivity contribution >= 4 is 23.5 Å². The number of allylic oxidation sites excluding steroid dienone is 1. The van der Waals surface area contributed by atoms with Crippen molar-refractivity contribution < 1.29 is 18.3 Å². The highest BCUT2D eigenvalue weighted by molar-refractivity contribution is 6.05. The summed E-state index contributed by atoms with van der Waals surface area (Å²) in [6, 6.07) is 2.83. The molecule has 0 bridgehead atoms. The molecule has 1 aromatic carbocycles. The molecule has 2 aliphatic carbocycles. The molecule has 35 heavy (non-hydrogen) atoms. The Morgan fingerprint density at radius 2 is 1.97 bits per heavy atom. The number of amidine groups is 1. The van der Waals surface area contributed by atoms with Crippen molar-refractivity contribution in [1.29, 1.82) is 0 Å². The lowest BCUT2D eigenvalue weighted by atomic mass is 10.1. The number of benzene rings is 1. The van der Waals surface area contributed by atoms with Crippen LogP contribution in [0.2, 0.25) is 0 Å². The van der Waals surface area contributed by atoms with Gasteiger partial charge in [0.25, 0.3) is 0 Å². The molecule has 0 amide bonds. The van der Waals surface area contributed by atoms with Crippen LogP contribution in [0.3, 0.4) is 0 Å². The maximum absolute atomic E-state index is 15.2. The van der Waals surface area contributed by atoms with E-state index < -0.39 is 11.6 Å². The van der Waals surface area contributed by atoms with Crippen LogP contribution < -0.4 is 15.0 Å². The van der Waals surface area contributed by atoms with Crippen LogP contribution in [-0.2, 0) is 11.2 Å². The first-order valence-corrected chi connectivity index (χ1v) is 12.0. The Balaban J connectivity index is 1.32. The Hall–Kier alpha value is -3.33. The minimum absolute atomic E-state index is 0.0622. The van der Waals surface area contributed by atoms with E-state index in [0.717, 1.165) is 30.4 Å². The molecular formula is C26H27F2N5O2. The lowest BCUT2D eigenvalue weighted by Gasteiger charge is -2.19. The Kier molecular flexibility index (Phi) is 5.51. The minimum atomic E-state index is -0.612. The molecule has 0 spiro atoms. The van der Waals surface area contributed by atoms with Crippen molar-refractivity contribution in [2.24, 2.45) is 10.9 Å². The molecule has 9 heteroatoms. The van der Waals surface area contributed by atoms with Gasteiger partial charge in [-0.1, -0.05) is 11.6 Å². The number of methoxy groups -OCH3 is 1. The number of nitrogens with zero attached hydrogens (tertiary/aromatic N) is 4. The normalized spacial score (nSPS) is 21.1. The number of halogens is 2. The van der Waals surface area contributed by atoms with Crippen LogP contribution in [-0.4, -0.2) is 48.7 Å². The highest BCUT2D eigenvalue weighted by Gasteiger charge is 2.29. The zero-order chi connectivity index (χ0) is 24.1. The molecule has 2 aromatic rings. The predicted octanol–water partition coefficient (Wildman–Crippen LogP) is 4.89. The molecule has 6 rings (SSSR count). The second-order valence-electron chi connectivity index (χ2n) is 9.64. The lowest BCUT2D eigenvalue weighted by Crippen LogP contribution is -2.23. The van der Waals surface area contributed by atoms with E-state index in [1.54, 1.807) is 13.2 Å². The number of hydrogen-bond acceptors (Lipinski definition) is 7. The molecule has 1 saturated heterocycles. The Morgan fingerprint density at radius 1 is 1.11 bits per heavy atom. The van der Waals surface area contributed by atoms with Gasteiger partial charge in [0.1, 0.15) is 23.3 Å². The molecular weight excluding hydrogens is 452 g/mol.